The summed E-state index contributed by atoms with van der Waals surface area (Å²) in [4.78, 5) is 20.9. The molecule has 7 heteroatoms. The van der Waals surface area contributed by atoms with Crippen LogP contribution in [0.3, 0.4) is 0 Å². The van der Waals surface area contributed by atoms with Crippen LogP contribution in [0.1, 0.15) is 54.2 Å². The van der Waals surface area contributed by atoms with Crippen molar-refractivity contribution in [2.45, 2.75) is 49.6 Å². The van der Waals surface area contributed by atoms with E-state index in [-0.39, 0.29) is 23.7 Å². The van der Waals surface area contributed by atoms with Gasteiger partial charge in [-0.05, 0) is 77.7 Å². The number of aromatic nitrogens is 2. The minimum Gasteiger partial charge on any atom is -0.337 e. The molecule has 1 aromatic heterocycles. The number of nitrogens with one attached hydrogen (secondary N) is 1. The van der Waals surface area contributed by atoms with Crippen LogP contribution in [0, 0.1) is 5.82 Å². The maximum atomic E-state index is 13.7. The van der Waals surface area contributed by atoms with E-state index in [4.69, 9.17) is 0 Å². The first kappa shape index (κ1) is 25.2. The number of benzene rings is 3. The lowest BCUT2D eigenvalue weighted by atomic mass is 9.97. The lowest BCUT2D eigenvalue weighted by molar-refractivity contribution is -0.119. The lowest BCUT2D eigenvalue weighted by Crippen LogP contribution is -2.32. The van der Waals surface area contributed by atoms with E-state index < -0.39 is 0 Å². The van der Waals surface area contributed by atoms with Crippen molar-refractivity contribution >= 4 is 23.5 Å². The Hall–Kier alpha value is -3.42. The number of carbonyl (C=O) groups excluding carboxylic acids is 1. The highest BCUT2D eigenvalue weighted by atomic mass is 32.2. The predicted octanol–water partition coefficient (Wildman–Crippen LogP) is 6.57. The second-order valence-corrected chi connectivity index (χ2v) is 10.5. The Bertz CT molecular complexity index is 1370. The highest BCUT2D eigenvalue weighted by Crippen LogP contribution is 2.37. The van der Waals surface area contributed by atoms with Crippen LogP contribution < -0.4 is 9.62 Å². The summed E-state index contributed by atoms with van der Waals surface area (Å²) >= 11 is 1.44. The molecule has 1 aliphatic rings. The Balaban J connectivity index is 1.39. The summed E-state index contributed by atoms with van der Waals surface area (Å²) in [6.07, 6.45) is 5.99. The summed E-state index contributed by atoms with van der Waals surface area (Å²) in [7, 11) is 1.95. The largest absolute Gasteiger partial charge is 0.337 e. The maximum Gasteiger partial charge on any atom is 0.228 e. The predicted molar refractivity (Wildman–Crippen MR) is 147 cm³/mol. The summed E-state index contributed by atoms with van der Waals surface area (Å²) in [6.45, 7) is 2.50. The monoisotopic (exact) mass is 514 g/mol. The molecule has 190 valence electrons. The molecule has 4 aromatic rings. The SMILES string of the molecule is C[C@@H](CC(=O)N(Cc1nccn1C)c1ccc2c(c1)C(NSc1cccc(F)c1)CC2)c1ccccc1. The standard InChI is InChI=1S/C30H31FN4OS/c1-21(22-7-4-3-5-8-22)17-30(36)35(20-29-32-15-16-34(29)2)25-13-11-23-12-14-28(27(23)19-25)33-37-26-10-6-9-24(31)18-26/h3-11,13,15-16,18-19,21,28,33H,12,14,17,20H2,1-2H3/t21-,28?/m0/s1. The third-order valence-electron chi connectivity index (χ3n) is 7.00. The van der Waals surface area contributed by atoms with Crippen molar-refractivity contribution in [3.63, 3.8) is 0 Å². The molecule has 2 atom stereocenters. The molecule has 0 saturated heterocycles. The highest BCUT2D eigenvalue weighted by Gasteiger charge is 2.26. The minimum absolute atomic E-state index is 0.0657. The van der Waals surface area contributed by atoms with Gasteiger partial charge in [-0.3, -0.25) is 9.52 Å². The molecule has 0 saturated carbocycles. The molecule has 0 radical (unpaired) electrons. The maximum absolute atomic E-state index is 13.7. The number of hydrogen-bond donors (Lipinski definition) is 1. The molecule has 1 aliphatic carbocycles. The van der Waals surface area contributed by atoms with Gasteiger partial charge in [0.25, 0.3) is 0 Å². The fraction of sp³-hybridized carbons (Fsp3) is 0.267. The number of amides is 1. The smallest absolute Gasteiger partial charge is 0.228 e. The number of halogens is 1. The summed E-state index contributed by atoms with van der Waals surface area (Å²) in [5, 5.41) is 0. The van der Waals surface area contributed by atoms with Gasteiger partial charge in [0.2, 0.25) is 5.91 Å². The van der Waals surface area contributed by atoms with Gasteiger partial charge in [-0.15, -0.1) is 0 Å². The normalized spacial score (nSPS) is 15.4. The molecule has 3 aromatic carbocycles. The Kier molecular flexibility index (Phi) is 7.72. The van der Waals surface area contributed by atoms with E-state index in [1.54, 1.807) is 12.3 Å². The topological polar surface area (TPSA) is 50.2 Å². The summed E-state index contributed by atoms with van der Waals surface area (Å²) in [6, 6.07) is 23.2. The van der Waals surface area contributed by atoms with Gasteiger partial charge in [0.15, 0.2) is 0 Å². The van der Waals surface area contributed by atoms with Crippen LogP contribution in [-0.2, 0) is 24.8 Å². The van der Waals surface area contributed by atoms with Crippen molar-refractivity contribution < 1.29 is 9.18 Å². The van der Waals surface area contributed by atoms with Crippen LogP contribution in [0.15, 0.2) is 90.1 Å². The third-order valence-corrected chi connectivity index (χ3v) is 7.90. The first-order chi connectivity index (χ1) is 18.0. The number of hydrogen-bond acceptors (Lipinski definition) is 4. The van der Waals surface area contributed by atoms with Gasteiger partial charge in [-0.2, -0.15) is 0 Å². The van der Waals surface area contributed by atoms with E-state index in [1.165, 1.54) is 35.2 Å². The molecule has 5 rings (SSSR count). The zero-order valence-corrected chi connectivity index (χ0v) is 21.9. The zero-order valence-electron chi connectivity index (χ0n) is 21.1. The van der Waals surface area contributed by atoms with Crippen molar-refractivity contribution in [2.24, 2.45) is 7.05 Å². The fourth-order valence-electron chi connectivity index (χ4n) is 4.83. The van der Waals surface area contributed by atoms with Gasteiger partial charge in [-0.1, -0.05) is 49.4 Å². The number of imidazole rings is 1. The van der Waals surface area contributed by atoms with Gasteiger partial charge in [-0.25, -0.2) is 9.37 Å². The van der Waals surface area contributed by atoms with Gasteiger partial charge in [0.05, 0.1) is 6.54 Å². The average Bonchev–Trinajstić information content (AvgIpc) is 3.51. The van der Waals surface area contributed by atoms with E-state index in [0.29, 0.717) is 13.0 Å². The van der Waals surface area contributed by atoms with Crippen molar-refractivity contribution in [3.8, 4) is 0 Å². The molecule has 0 fully saturated rings. The lowest BCUT2D eigenvalue weighted by Gasteiger charge is -2.26. The second-order valence-electron chi connectivity index (χ2n) is 9.60. The molecule has 0 bridgehead atoms. The summed E-state index contributed by atoms with van der Waals surface area (Å²) in [5.74, 6) is 0.756. The van der Waals surface area contributed by atoms with Gasteiger partial charge in [0.1, 0.15) is 11.6 Å². The van der Waals surface area contributed by atoms with Crippen molar-refractivity contribution in [3.05, 3.63) is 114 Å². The van der Waals surface area contributed by atoms with E-state index >= 15 is 0 Å². The van der Waals surface area contributed by atoms with Crippen LogP contribution in [0.4, 0.5) is 10.1 Å². The minimum atomic E-state index is -0.242. The molecular weight excluding hydrogens is 483 g/mol. The highest BCUT2D eigenvalue weighted by molar-refractivity contribution is 7.97. The molecular formula is C30H31FN4OS. The first-order valence-corrected chi connectivity index (χ1v) is 13.4. The zero-order chi connectivity index (χ0) is 25.8. The second kappa shape index (κ2) is 11.3. The molecule has 1 N–H and O–H groups in total. The number of aryl methyl sites for hydroxylation is 2. The van der Waals surface area contributed by atoms with Crippen molar-refractivity contribution in [1.82, 2.24) is 14.3 Å². The van der Waals surface area contributed by atoms with Crippen LogP contribution in [0.2, 0.25) is 0 Å². The molecule has 1 unspecified atom stereocenters. The summed E-state index contributed by atoms with van der Waals surface area (Å²) in [5.41, 5.74) is 4.50. The Morgan fingerprint density at radius 3 is 2.76 bits per heavy atom. The Labute approximate surface area is 221 Å². The fourth-order valence-corrected chi connectivity index (χ4v) is 5.68. The third kappa shape index (κ3) is 5.95. The molecule has 0 spiro atoms. The van der Waals surface area contributed by atoms with E-state index in [2.05, 4.69) is 47.0 Å². The van der Waals surface area contributed by atoms with Crippen molar-refractivity contribution in [2.75, 3.05) is 4.90 Å². The van der Waals surface area contributed by atoms with E-state index in [0.717, 1.165) is 34.8 Å². The van der Waals surface area contributed by atoms with E-state index in [9.17, 15) is 9.18 Å². The number of carbonyl (C=O) groups is 1. The molecule has 0 aliphatic heterocycles. The van der Waals surface area contributed by atoms with Crippen LogP contribution >= 0.6 is 11.9 Å². The van der Waals surface area contributed by atoms with Crippen molar-refractivity contribution in [1.29, 1.82) is 0 Å². The van der Waals surface area contributed by atoms with Crippen LogP contribution in [0.25, 0.3) is 0 Å². The molecule has 5 nitrogen and oxygen atoms in total. The number of rotatable bonds is 9. The van der Waals surface area contributed by atoms with Gasteiger partial charge < -0.3 is 9.47 Å². The number of anilines is 1. The van der Waals surface area contributed by atoms with Crippen LogP contribution in [-0.4, -0.2) is 15.5 Å². The first-order valence-electron chi connectivity index (χ1n) is 12.6. The quantitative estimate of drug-likeness (QED) is 0.257. The van der Waals surface area contributed by atoms with Crippen LogP contribution in [0.5, 0.6) is 0 Å². The summed E-state index contributed by atoms with van der Waals surface area (Å²) < 4.78 is 19.1. The Morgan fingerprint density at radius 1 is 1.16 bits per heavy atom. The number of nitrogens with zero attached hydrogens (tertiary/aromatic N) is 3. The van der Waals surface area contributed by atoms with Gasteiger partial charge in [0, 0.05) is 42.5 Å². The molecule has 37 heavy (non-hydrogen) atoms. The van der Waals surface area contributed by atoms with Gasteiger partial charge >= 0.3 is 0 Å². The van der Waals surface area contributed by atoms with E-state index in [1.807, 2.05) is 47.0 Å². The molecule has 1 heterocycles. The Morgan fingerprint density at radius 2 is 2.00 bits per heavy atom. The number of fused-ring (bicyclic) bond motifs is 1. The molecule has 1 amide bonds. The average molecular weight is 515 g/mol.